The first-order valence-corrected chi connectivity index (χ1v) is 9.38. The molecule has 1 aliphatic heterocycles. The van der Waals surface area contributed by atoms with E-state index < -0.39 is 0 Å². The fourth-order valence-corrected chi connectivity index (χ4v) is 4.32. The van der Waals surface area contributed by atoms with Gasteiger partial charge in [0.25, 0.3) is 0 Å². The van der Waals surface area contributed by atoms with Crippen LogP contribution in [0.5, 0.6) is 0 Å². The number of epoxide rings is 1. The highest BCUT2D eigenvalue weighted by molar-refractivity contribution is 5.01. The van der Waals surface area contributed by atoms with E-state index in [1.54, 1.807) is 0 Å². The van der Waals surface area contributed by atoms with Gasteiger partial charge in [0.2, 0.25) is 0 Å². The van der Waals surface area contributed by atoms with Crippen molar-refractivity contribution < 1.29 is 14.9 Å². The van der Waals surface area contributed by atoms with Crippen molar-refractivity contribution in [3.8, 4) is 0 Å². The first-order valence-electron chi connectivity index (χ1n) is 9.38. The minimum absolute atomic E-state index is 0.0273. The van der Waals surface area contributed by atoms with Crippen LogP contribution in [0.4, 0.5) is 0 Å². The van der Waals surface area contributed by atoms with Gasteiger partial charge in [-0.1, -0.05) is 32.4 Å². The molecule has 0 aromatic rings. The van der Waals surface area contributed by atoms with Crippen LogP contribution in [0.2, 0.25) is 0 Å². The summed E-state index contributed by atoms with van der Waals surface area (Å²) < 4.78 is 5.38. The van der Waals surface area contributed by atoms with Crippen LogP contribution in [0.3, 0.4) is 0 Å². The van der Waals surface area contributed by atoms with Crippen molar-refractivity contribution >= 4 is 0 Å². The molecule has 3 fully saturated rings. The van der Waals surface area contributed by atoms with E-state index in [-0.39, 0.29) is 17.8 Å². The lowest BCUT2D eigenvalue weighted by molar-refractivity contribution is 0.0103. The van der Waals surface area contributed by atoms with Gasteiger partial charge in [-0.05, 0) is 57.8 Å². The highest BCUT2D eigenvalue weighted by atomic mass is 16.6. The van der Waals surface area contributed by atoms with Gasteiger partial charge in [0, 0.05) is 11.8 Å². The van der Waals surface area contributed by atoms with Crippen LogP contribution in [0, 0.1) is 23.7 Å². The second-order valence-corrected chi connectivity index (χ2v) is 8.63. The number of rotatable bonds is 2. The van der Waals surface area contributed by atoms with Gasteiger partial charge in [0.05, 0.1) is 24.4 Å². The molecule has 0 bridgehead atoms. The summed E-state index contributed by atoms with van der Waals surface area (Å²) in [5.41, 5.74) is 1.17. The second kappa shape index (κ2) is 7.67. The third kappa shape index (κ3) is 5.04. The topological polar surface area (TPSA) is 53.0 Å². The van der Waals surface area contributed by atoms with Gasteiger partial charge in [-0.15, -0.1) is 0 Å². The van der Waals surface area contributed by atoms with Crippen LogP contribution in [-0.2, 0) is 4.74 Å². The molecule has 0 aromatic heterocycles. The number of aliphatic hydroxyl groups excluding tert-OH is 2. The summed E-state index contributed by atoms with van der Waals surface area (Å²) in [5, 5.41) is 19.5. The van der Waals surface area contributed by atoms with Gasteiger partial charge in [0.1, 0.15) is 0 Å². The normalized spacial score (nSPS) is 46.5. The minimum atomic E-state index is -0.128. The lowest BCUT2D eigenvalue weighted by Crippen LogP contribution is -2.37. The maximum Gasteiger partial charge on any atom is 0.0941 e. The van der Waals surface area contributed by atoms with Crippen molar-refractivity contribution in [2.75, 3.05) is 6.61 Å². The molecule has 0 spiro atoms. The van der Waals surface area contributed by atoms with E-state index >= 15 is 0 Å². The van der Waals surface area contributed by atoms with Crippen molar-refractivity contribution in [2.24, 2.45) is 23.7 Å². The van der Waals surface area contributed by atoms with Crippen molar-refractivity contribution in [2.45, 2.75) is 84.0 Å². The Morgan fingerprint density at radius 3 is 1.96 bits per heavy atom. The van der Waals surface area contributed by atoms with Crippen LogP contribution in [0.1, 0.15) is 66.2 Å². The Hall–Kier alpha value is -0.380. The molecule has 2 N–H and O–H groups in total. The summed E-state index contributed by atoms with van der Waals surface area (Å²) in [6.07, 6.45) is 6.42. The van der Waals surface area contributed by atoms with E-state index in [1.807, 2.05) is 6.92 Å². The average molecular weight is 325 g/mol. The standard InChI is InChI=1S/C10H18O2.C10H18O/c1-7-3-4-8(9(11)5-7)10(2)6-12-10;1-7(2)9-5-4-8(3)6-10(9)11/h7-9,11H,3-6H2,1-2H3;8-11H,1,4-6H2,2-3H3/t7-,8-,9-,10?;8-,9+,10-/m11/s1. The van der Waals surface area contributed by atoms with Gasteiger partial charge in [-0.3, -0.25) is 0 Å². The summed E-state index contributed by atoms with van der Waals surface area (Å²) in [6.45, 7) is 13.3. The Kier molecular flexibility index (Phi) is 6.32. The zero-order valence-corrected chi connectivity index (χ0v) is 15.4. The zero-order valence-electron chi connectivity index (χ0n) is 15.4. The zero-order chi connectivity index (χ0) is 17.2. The maximum atomic E-state index is 9.83. The Balaban J connectivity index is 0.000000168. The number of ether oxygens (including phenoxy) is 1. The average Bonchev–Trinajstić information content (AvgIpc) is 3.17. The van der Waals surface area contributed by atoms with Gasteiger partial charge in [-0.2, -0.15) is 0 Å². The maximum absolute atomic E-state index is 9.83. The van der Waals surface area contributed by atoms with E-state index in [4.69, 9.17) is 4.74 Å². The predicted octanol–water partition coefficient (Wildman–Crippen LogP) is 3.93. The molecule has 1 heterocycles. The fraction of sp³-hybridized carbons (Fsp3) is 0.900. The lowest BCUT2D eigenvalue weighted by atomic mass is 9.75. The molecule has 23 heavy (non-hydrogen) atoms. The summed E-state index contributed by atoms with van der Waals surface area (Å²) in [5.74, 6) is 2.15. The smallest absolute Gasteiger partial charge is 0.0941 e. The Morgan fingerprint density at radius 2 is 1.52 bits per heavy atom. The molecule has 1 unspecified atom stereocenters. The highest BCUT2D eigenvalue weighted by Crippen LogP contribution is 2.44. The highest BCUT2D eigenvalue weighted by Gasteiger charge is 2.50. The third-order valence-corrected chi connectivity index (χ3v) is 6.17. The van der Waals surface area contributed by atoms with E-state index in [2.05, 4.69) is 27.4 Å². The number of hydrogen-bond acceptors (Lipinski definition) is 3. The third-order valence-electron chi connectivity index (χ3n) is 6.17. The van der Waals surface area contributed by atoms with Gasteiger partial charge in [0.15, 0.2) is 0 Å². The van der Waals surface area contributed by atoms with E-state index in [1.165, 1.54) is 12.8 Å². The van der Waals surface area contributed by atoms with Gasteiger partial charge in [-0.25, -0.2) is 0 Å². The molecular formula is C20H36O3. The van der Waals surface area contributed by atoms with Crippen molar-refractivity contribution in [3.05, 3.63) is 12.2 Å². The molecule has 7 atom stereocenters. The van der Waals surface area contributed by atoms with E-state index in [0.29, 0.717) is 23.7 Å². The summed E-state index contributed by atoms with van der Waals surface area (Å²) >= 11 is 0. The first-order chi connectivity index (χ1) is 10.7. The lowest BCUT2D eigenvalue weighted by Gasteiger charge is -2.33. The summed E-state index contributed by atoms with van der Waals surface area (Å²) in [7, 11) is 0. The number of hydrogen-bond donors (Lipinski definition) is 2. The van der Waals surface area contributed by atoms with Gasteiger partial charge >= 0.3 is 0 Å². The monoisotopic (exact) mass is 324 g/mol. The van der Waals surface area contributed by atoms with E-state index in [0.717, 1.165) is 37.9 Å². The molecule has 3 nitrogen and oxygen atoms in total. The molecule has 3 rings (SSSR count). The van der Waals surface area contributed by atoms with Crippen LogP contribution < -0.4 is 0 Å². The van der Waals surface area contributed by atoms with Crippen LogP contribution in [-0.4, -0.2) is 34.6 Å². The SMILES string of the molecule is C=C(C)[C@@H]1CC[C@@H](C)C[C@H]1O.C[C@@H]1CC[C@@H](C2(C)CO2)[C@H](O)C1. The Bertz CT molecular complexity index is 402. The van der Waals surface area contributed by atoms with Crippen LogP contribution in [0.15, 0.2) is 12.2 Å². The Morgan fingerprint density at radius 1 is 1.00 bits per heavy atom. The molecule has 0 aromatic carbocycles. The summed E-state index contributed by atoms with van der Waals surface area (Å²) in [6, 6.07) is 0. The molecule has 1 saturated heterocycles. The van der Waals surface area contributed by atoms with Crippen LogP contribution >= 0.6 is 0 Å². The molecule has 2 aliphatic carbocycles. The molecule has 0 amide bonds. The quantitative estimate of drug-likeness (QED) is 0.598. The van der Waals surface area contributed by atoms with E-state index in [9.17, 15) is 10.2 Å². The van der Waals surface area contributed by atoms with Crippen molar-refractivity contribution in [3.63, 3.8) is 0 Å². The number of aliphatic hydroxyl groups is 2. The molecule has 3 aliphatic rings. The molecule has 3 heteroatoms. The molecule has 134 valence electrons. The molecular weight excluding hydrogens is 288 g/mol. The van der Waals surface area contributed by atoms with Gasteiger partial charge < -0.3 is 14.9 Å². The van der Waals surface area contributed by atoms with Crippen molar-refractivity contribution in [1.82, 2.24) is 0 Å². The molecule has 2 saturated carbocycles. The van der Waals surface area contributed by atoms with Crippen molar-refractivity contribution in [1.29, 1.82) is 0 Å². The fourth-order valence-electron chi connectivity index (χ4n) is 4.32. The first kappa shape index (κ1) is 19.0. The Labute approximate surface area is 142 Å². The summed E-state index contributed by atoms with van der Waals surface area (Å²) in [4.78, 5) is 0. The minimum Gasteiger partial charge on any atom is -0.393 e. The van der Waals surface area contributed by atoms with Crippen LogP contribution in [0.25, 0.3) is 0 Å². The second-order valence-electron chi connectivity index (χ2n) is 8.63. The molecule has 0 radical (unpaired) electrons. The largest absolute Gasteiger partial charge is 0.393 e. The predicted molar refractivity (Wildman–Crippen MR) is 94.2 cm³/mol.